The lowest BCUT2D eigenvalue weighted by atomic mass is 10.1. The fourth-order valence-corrected chi connectivity index (χ4v) is 4.38. The maximum Gasteiger partial charge on any atom is 0.227 e. The summed E-state index contributed by atoms with van der Waals surface area (Å²) in [6.07, 6.45) is 1.93. The Bertz CT molecular complexity index is 764. The highest BCUT2D eigenvalue weighted by molar-refractivity contribution is 7.15. The number of hydrogen-bond donors (Lipinski definition) is 1. The third kappa shape index (κ3) is 3.53. The Balaban J connectivity index is 1.50. The fraction of sp³-hybridized carbons (Fsp3) is 0.444. The minimum atomic E-state index is -0.0888. The summed E-state index contributed by atoms with van der Waals surface area (Å²) in [6, 6.07) is 7.99. The quantitative estimate of drug-likeness (QED) is 0.901. The second kappa shape index (κ2) is 7.11. The lowest BCUT2D eigenvalue weighted by Crippen LogP contribution is -2.41. The molecule has 2 aromatic rings. The van der Waals surface area contributed by atoms with Crippen molar-refractivity contribution in [2.45, 2.75) is 12.6 Å². The molecule has 1 N–H and O–H groups in total. The first-order chi connectivity index (χ1) is 12.2. The Morgan fingerprint density at radius 3 is 3.12 bits per heavy atom. The summed E-state index contributed by atoms with van der Waals surface area (Å²) >= 11 is 1.68. The van der Waals surface area contributed by atoms with E-state index in [0.717, 1.165) is 36.0 Å². The number of thiazole rings is 1. The van der Waals surface area contributed by atoms with Gasteiger partial charge in [-0.1, -0.05) is 12.1 Å². The molecule has 2 atom stereocenters. The Morgan fingerprint density at radius 2 is 2.24 bits per heavy atom. The van der Waals surface area contributed by atoms with Crippen molar-refractivity contribution in [3.63, 3.8) is 0 Å². The van der Waals surface area contributed by atoms with Crippen molar-refractivity contribution in [2.24, 2.45) is 5.92 Å². The van der Waals surface area contributed by atoms with Crippen LogP contribution in [0.4, 0.5) is 0 Å². The molecule has 132 valence electrons. The van der Waals surface area contributed by atoms with Crippen LogP contribution < -0.4 is 10.1 Å². The van der Waals surface area contributed by atoms with E-state index in [4.69, 9.17) is 9.47 Å². The molecule has 2 bridgehead atoms. The van der Waals surface area contributed by atoms with Gasteiger partial charge in [0.2, 0.25) is 5.91 Å². The van der Waals surface area contributed by atoms with E-state index in [1.165, 1.54) is 4.88 Å². The monoisotopic (exact) mass is 359 g/mol. The van der Waals surface area contributed by atoms with Gasteiger partial charge in [-0.3, -0.25) is 9.69 Å². The second-order valence-electron chi connectivity index (χ2n) is 6.47. The van der Waals surface area contributed by atoms with E-state index in [0.29, 0.717) is 13.2 Å². The van der Waals surface area contributed by atoms with Gasteiger partial charge in [0.1, 0.15) is 10.8 Å². The minimum Gasteiger partial charge on any atom is -0.496 e. The van der Waals surface area contributed by atoms with E-state index in [1.54, 1.807) is 18.4 Å². The van der Waals surface area contributed by atoms with Crippen LogP contribution in [0.15, 0.2) is 30.5 Å². The average Bonchev–Trinajstić information content (AvgIpc) is 2.92. The Morgan fingerprint density at radius 1 is 1.36 bits per heavy atom. The minimum absolute atomic E-state index is 0.0709. The molecule has 7 heteroatoms. The summed E-state index contributed by atoms with van der Waals surface area (Å²) < 4.78 is 11.0. The molecule has 4 rings (SSSR count). The topological polar surface area (TPSA) is 63.7 Å². The number of nitrogens with one attached hydrogen (secondary N) is 1. The molecule has 6 nitrogen and oxygen atoms in total. The Kier molecular flexibility index (Phi) is 4.70. The van der Waals surface area contributed by atoms with Gasteiger partial charge in [-0.05, 0) is 12.1 Å². The number of benzene rings is 1. The maximum atomic E-state index is 12.1. The van der Waals surface area contributed by atoms with Crippen LogP contribution in [0, 0.1) is 5.92 Å². The molecule has 2 saturated heterocycles. The standard InChI is InChI=1S/C18H21N3O3S/c1-23-16-5-3-2-4-15(16)18-19-6-14(25-18)9-21-7-12-10-24-11-13(8-21)20-17(12)22/h2-6,12-13H,7-11H2,1H3,(H,20,22)/t12-,13+/m1/s1. The number of fused-ring (bicyclic) bond motifs is 3. The molecule has 0 aliphatic carbocycles. The van der Waals surface area contributed by atoms with Crippen LogP contribution in [0.25, 0.3) is 10.6 Å². The van der Waals surface area contributed by atoms with Crippen LogP contribution in [-0.2, 0) is 16.1 Å². The summed E-state index contributed by atoms with van der Waals surface area (Å²) in [4.78, 5) is 20.2. The van der Waals surface area contributed by atoms with Crippen LogP contribution in [0.2, 0.25) is 0 Å². The summed E-state index contributed by atoms with van der Waals surface area (Å²) in [5, 5.41) is 4.03. The predicted octanol–water partition coefficient (Wildman–Crippen LogP) is 1.77. The third-order valence-electron chi connectivity index (χ3n) is 4.58. The van der Waals surface area contributed by atoms with Gasteiger partial charge in [0.25, 0.3) is 0 Å². The van der Waals surface area contributed by atoms with Crippen LogP contribution in [0.5, 0.6) is 5.75 Å². The number of carbonyl (C=O) groups excluding carboxylic acids is 1. The summed E-state index contributed by atoms with van der Waals surface area (Å²) in [5.74, 6) is 0.859. The number of amides is 1. The van der Waals surface area contributed by atoms with Crippen molar-refractivity contribution in [1.82, 2.24) is 15.2 Å². The number of rotatable bonds is 4. The molecule has 2 aliphatic heterocycles. The summed E-state index contributed by atoms with van der Waals surface area (Å²) in [5.41, 5.74) is 1.01. The average molecular weight is 359 g/mol. The van der Waals surface area contributed by atoms with Crippen molar-refractivity contribution in [1.29, 1.82) is 0 Å². The molecular formula is C18H21N3O3S. The van der Waals surface area contributed by atoms with Gasteiger partial charge in [-0.15, -0.1) is 11.3 Å². The van der Waals surface area contributed by atoms with Gasteiger partial charge >= 0.3 is 0 Å². The lowest BCUT2D eigenvalue weighted by Gasteiger charge is -2.26. The number of hydrogen-bond acceptors (Lipinski definition) is 6. The number of carbonyl (C=O) groups is 1. The maximum absolute atomic E-state index is 12.1. The zero-order valence-corrected chi connectivity index (χ0v) is 14.9. The molecule has 1 amide bonds. The van der Waals surface area contributed by atoms with Gasteiger partial charge in [0.05, 0.1) is 37.8 Å². The van der Waals surface area contributed by atoms with Crippen LogP contribution in [0.3, 0.4) is 0 Å². The van der Waals surface area contributed by atoms with Crippen molar-refractivity contribution >= 4 is 17.2 Å². The number of ether oxygens (including phenoxy) is 2. The molecule has 2 aliphatic rings. The number of para-hydroxylation sites is 1. The first-order valence-corrected chi connectivity index (χ1v) is 9.23. The molecule has 0 saturated carbocycles. The normalized spacial score (nSPS) is 23.8. The predicted molar refractivity (Wildman–Crippen MR) is 95.6 cm³/mol. The highest BCUT2D eigenvalue weighted by Crippen LogP contribution is 2.33. The molecule has 0 radical (unpaired) electrons. The third-order valence-corrected chi connectivity index (χ3v) is 5.60. The van der Waals surface area contributed by atoms with Crippen molar-refractivity contribution < 1.29 is 14.3 Å². The highest BCUT2D eigenvalue weighted by Gasteiger charge is 2.33. The van der Waals surface area contributed by atoms with E-state index >= 15 is 0 Å². The van der Waals surface area contributed by atoms with Crippen LogP contribution in [-0.4, -0.2) is 55.2 Å². The molecular weight excluding hydrogens is 338 g/mol. The molecule has 3 heterocycles. The molecule has 1 aromatic carbocycles. The van der Waals surface area contributed by atoms with Crippen LogP contribution in [0.1, 0.15) is 4.88 Å². The first-order valence-electron chi connectivity index (χ1n) is 8.41. The summed E-state index contributed by atoms with van der Waals surface area (Å²) in [7, 11) is 1.68. The number of methoxy groups -OCH3 is 1. The van der Waals surface area contributed by atoms with Crippen molar-refractivity contribution in [2.75, 3.05) is 33.4 Å². The lowest BCUT2D eigenvalue weighted by molar-refractivity contribution is -0.125. The van der Waals surface area contributed by atoms with E-state index < -0.39 is 0 Å². The van der Waals surface area contributed by atoms with E-state index in [-0.39, 0.29) is 17.9 Å². The Labute approximate surface area is 150 Å². The fourth-order valence-electron chi connectivity index (χ4n) is 3.40. The van der Waals surface area contributed by atoms with E-state index in [1.807, 2.05) is 30.5 Å². The van der Waals surface area contributed by atoms with Gasteiger partial charge in [0.15, 0.2) is 0 Å². The zero-order chi connectivity index (χ0) is 17.2. The van der Waals surface area contributed by atoms with Gasteiger partial charge in [-0.25, -0.2) is 4.98 Å². The van der Waals surface area contributed by atoms with Crippen molar-refractivity contribution in [3.05, 3.63) is 35.3 Å². The van der Waals surface area contributed by atoms with Gasteiger partial charge in [-0.2, -0.15) is 0 Å². The Hall–Kier alpha value is -1.96. The second-order valence-corrected chi connectivity index (χ2v) is 7.58. The van der Waals surface area contributed by atoms with Gasteiger partial charge < -0.3 is 14.8 Å². The molecule has 1 aromatic heterocycles. The largest absolute Gasteiger partial charge is 0.496 e. The van der Waals surface area contributed by atoms with Crippen LogP contribution >= 0.6 is 11.3 Å². The molecule has 0 unspecified atom stereocenters. The zero-order valence-electron chi connectivity index (χ0n) is 14.1. The number of nitrogens with zero attached hydrogens (tertiary/aromatic N) is 2. The van der Waals surface area contributed by atoms with E-state index in [9.17, 15) is 4.79 Å². The first kappa shape index (κ1) is 16.5. The number of aromatic nitrogens is 1. The SMILES string of the molecule is COc1ccccc1-c1ncc(CN2C[C@H]3COC[C@@H](C2)C(=O)N3)s1. The molecule has 2 fully saturated rings. The van der Waals surface area contributed by atoms with Crippen molar-refractivity contribution in [3.8, 4) is 16.3 Å². The summed E-state index contributed by atoms with van der Waals surface area (Å²) in [6.45, 7) is 3.44. The molecule has 25 heavy (non-hydrogen) atoms. The molecule has 0 spiro atoms. The smallest absolute Gasteiger partial charge is 0.227 e. The van der Waals surface area contributed by atoms with Gasteiger partial charge in [0, 0.05) is 30.7 Å². The van der Waals surface area contributed by atoms with E-state index in [2.05, 4.69) is 15.2 Å². The highest BCUT2D eigenvalue weighted by atomic mass is 32.1.